The largest absolute Gasteiger partial charge is 0.497 e. The highest BCUT2D eigenvalue weighted by molar-refractivity contribution is 6.09. The Morgan fingerprint density at radius 1 is 1.20 bits per heavy atom. The fourth-order valence-electron chi connectivity index (χ4n) is 3.38. The van der Waals surface area contributed by atoms with Crippen LogP contribution >= 0.6 is 0 Å². The molecular formula is C20H22N2O3. The first-order valence-corrected chi connectivity index (χ1v) is 8.14. The van der Waals surface area contributed by atoms with Crippen LogP contribution in [0.3, 0.4) is 0 Å². The summed E-state index contributed by atoms with van der Waals surface area (Å²) in [6.07, 6.45) is 0. The SMILES string of the molecule is COc1cccc(C(=O)Nc2cc(C)c3c(c2)C(C)(C)C(=O)N3C)c1. The Morgan fingerprint density at radius 2 is 1.92 bits per heavy atom. The van der Waals surface area contributed by atoms with Crippen LogP contribution in [0.2, 0.25) is 0 Å². The number of amides is 2. The van der Waals surface area contributed by atoms with Gasteiger partial charge in [0.1, 0.15) is 5.75 Å². The van der Waals surface area contributed by atoms with Gasteiger partial charge >= 0.3 is 0 Å². The van der Waals surface area contributed by atoms with E-state index in [0.29, 0.717) is 17.0 Å². The normalized spacial score (nSPS) is 15.1. The molecule has 1 heterocycles. The van der Waals surface area contributed by atoms with Crippen molar-refractivity contribution in [3.05, 3.63) is 53.1 Å². The van der Waals surface area contributed by atoms with E-state index in [0.717, 1.165) is 16.8 Å². The van der Waals surface area contributed by atoms with Crippen LogP contribution in [0, 0.1) is 6.92 Å². The van der Waals surface area contributed by atoms with E-state index in [1.807, 2.05) is 32.9 Å². The van der Waals surface area contributed by atoms with Crippen LogP contribution in [0.25, 0.3) is 0 Å². The number of ether oxygens (including phenoxy) is 1. The number of carbonyl (C=O) groups excluding carboxylic acids is 2. The Morgan fingerprint density at radius 3 is 2.60 bits per heavy atom. The minimum Gasteiger partial charge on any atom is -0.497 e. The van der Waals surface area contributed by atoms with E-state index in [9.17, 15) is 9.59 Å². The number of anilines is 2. The molecule has 5 heteroatoms. The summed E-state index contributed by atoms with van der Waals surface area (Å²) in [5.74, 6) is 0.474. The van der Waals surface area contributed by atoms with Gasteiger partial charge in [-0.05, 0) is 62.2 Å². The number of nitrogens with one attached hydrogen (secondary N) is 1. The zero-order valence-electron chi connectivity index (χ0n) is 15.1. The lowest BCUT2D eigenvalue weighted by Gasteiger charge is -2.17. The summed E-state index contributed by atoms with van der Waals surface area (Å²) < 4.78 is 5.16. The molecule has 0 fully saturated rings. The highest BCUT2D eigenvalue weighted by atomic mass is 16.5. The van der Waals surface area contributed by atoms with Crippen molar-refractivity contribution in [1.82, 2.24) is 0 Å². The lowest BCUT2D eigenvalue weighted by atomic mass is 9.85. The van der Waals surface area contributed by atoms with Crippen LogP contribution in [0.5, 0.6) is 5.75 Å². The van der Waals surface area contributed by atoms with E-state index in [1.165, 1.54) is 0 Å². The third kappa shape index (κ3) is 2.76. The predicted octanol–water partition coefficient (Wildman–Crippen LogP) is 3.51. The third-order valence-electron chi connectivity index (χ3n) is 4.74. The first-order chi connectivity index (χ1) is 11.8. The molecule has 0 aliphatic carbocycles. The molecule has 2 aromatic rings. The number of likely N-dealkylation sites (N-methyl/N-ethyl adjacent to an activating group) is 1. The summed E-state index contributed by atoms with van der Waals surface area (Å²) in [4.78, 5) is 26.7. The second-order valence-corrected chi connectivity index (χ2v) is 6.86. The molecule has 0 atom stereocenters. The molecule has 0 aromatic heterocycles. The summed E-state index contributed by atoms with van der Waals surface area (Å²) in [5, 5.41) is 2.92. The van der Waals surface area contributed by atoms with Crippen molar-refractivity contribution in [2.24, 2.45) is 0 Å². The molecule has 0 spiro atoms. The van der Waals surface area contributed by atoms with Gasteiger partial charge in [0.2, 0.25) is 5.91 Å². The summed E-state index contributed by atoms with van der Waals surface area (Å²) in [6.45, 7) is 5.76. The number of benzene rings is 2. The van der Waals surface area contributed by atoms with Gasteiger partial charge in [0, 0.05) is 18.3 Å². The van der Waals surface area contributed by atoms with Gasteiger partial charge in [-0.15, -0.1) is 0 Å². The number of hydrogen-bond donors (Lipinski definition) is 1. The lowest BCUT2D eigenvalue weighted by molar-refractivity contribution is -0.121. The van der Waals surface area contributed by atoms with E-state index in [2.05, 4.69) is 5.32 Å². The number of methoxy groups -OCH3 is 1. The maximum atomic E-state index is 12.5. The summed E-state index contributed by atoms with van der Waals surface area (Å²) in [6, 6.07) is 10.8. The summed E-state index contributed by atoms with van der Waals surface area (Å²) >= 11 is 0. The van der Waals surface area contributed by atoms with Gasteiger partial charge < -0.3 is 15.0 Å². The zero-order chi connectivity index (χ0) is 18.4. The van der Waals surface area contributed by atoms with Gasteiger partial charge in [-0.3, -0.25) is 9.59 Å². The predicted molar refractivity (Wildman–Crippen MR) is 98.6 cm³/mol. The molecule has 2 amide bonds. The van der Waals surface area contributed by atoms with Crippen molar-refractivity contribution in [3.8, 4) is 5.75 Å². The average molecular weight is 338 g/mol. The Bertz CT molecular complexity index is 871. The number of carbonyl (C=O) groups is 2. The molecule has 3 rings (SSSR count). The van der Waals surface area contributed by atoms with Gasteiger partial charge in [0.15, 0.2) is 0 Å². The molecule has 2 aromatic carbocycles. The first kappa shape index (κ1) is 17.0. The third-order valence-corrected chi connectivity index (χ3v) is 4.74. The van der Waals surface area contributed by atoms with Crippen molar-refractivity contribution in [2.45, 2.75) is 26.2 Å². The summed E-state index contributed by atoms with van der Waals surface area (Å²) in [7, 11) is 3.36. The van der Waals surface area contributed by atoms with Crippen molar-refractivity contribution >= 4 is 23.2 Å². The van der Waals surface area contributed by atoms with Crippen molar-refractivity contribution in [1.29, 1.82) is 0 Å². The summed E-state index contributed by atoms with van der Waals surface area (Å²) in [5.41, 5.74) is 3.41. The molecule has 1 aliphatic heterocycles. The number of aryl methyl sites for hydroxylation is 1. The maximum Gasteiger partial charge on any atom is 0.255 e. The van der Waals surface area contributed by atoms with Crippen LogP contribution in [0.15, 0.2) is 36.4 Å². The molecule has 25 heavy (non-hydrogen) atoms. The van der Waals surface area contributed by atoms with Crippen LogP contribution < -0.4 is 15.0 Å². The van der Waals surface area contributed by atoms with Crippen LogP contribution in [-0.4, -0.2) is 26.0 Å². The average Bonchev–Trinajstić information content (AvgIpc) is 2.76. The van der Waals surface area contributed by atoms with Crippen molar-refractivity contribution < 1.29 is 14.3 Å². The molecule has 130 valence electrons. The van der Waals surface area contributed by atoms with E-state index < -0.39 is 5.41 Å². The standard InChI is InChI=1S/C20H22N2O3/c1-12-9-14(11-16-17(12)22(4)19(24)20(16,2)3)21-18(23)13-7-6-8-15(10-13)25-5/h6-11H,1-5H3,(H,21,23). The van der Waals surface area contributed by atoms with E-state index in [-0.39, 0.29) is 11.8 Å². The minimum absolute atomic E-state index is 0.0573. The van der Waals surface area contributed by atoms with Gasteiger partial charge in [0.25, 0.3) is 5.91 Å². The molecule has 0 radical (unpaired) electrons. The maximum absolute atomic E-state index is 12.5. The molecule has 0 bridgehead atoms. The van der Waals surface area contributed by atoms with E-state index in [4.69, 9.17) is 4.74 Å². The highest BCUT2D eigenvalue weighted by Crippen LogP contribution is 2.44. The topological polar surface area (TPSA) is 58.6 Å². The van der Waals surface area contributed by atoms with Crippen molar-refractivity contribution in [2.75, 3.05) is 24.4 Å². The minimum atomic E-state index is -0.606. The molecular weight excluding hydrogens is 316 g/mol. The zero-order valence-corrected chi connectivity index (χ0v) is 15.1. The number of nitrogens with zero attached hydrogens (tertiary/aromatic N) is 1. The molecule has 0 unspecified atom stereocenters. The molecule has 1 aliphatic rings. The molecule has 5 nitrogen and oxygen atoms in total. The monoisotopic (exact) mass is 338 g/mol. The van der Waals surface area contributed by atoms with Gasteiger partial charge in [0.05, 0.1) is 18.2 Å². The van der Waals surface area contributed by atoms with Gasteiger partial charge in [-0.25, -0.2) is 0 Å². The van der Waals surface area contributed by atoms with Crippen LogP contribution in [0.4, 0.5) is 11.4 Å². The van der Waals surface area contributed by atoms with Crippen LogP contribution in [-0.2, 0) is 10.2 Å². The quantitative estimate of drug-likeness (QED) is 0.932. The molecule has 0 saturated heterocycles. The number of hydrogen-bond acceptors (Lipinski definition) is 3. The Kier molecular flexibility index (Phi) is 4.03. The van der Waals surface area contributed by atoms with Crippen molar-refractivity contribution in [3.63, 3.8) is 0 Å². The second-order valence-electron chi connectivity index (χ2n) is 6.86. The van der Waals surface area contributed by atoms with Crippen LogP contribution in [0.1, 0.15) is 35.3 Å². The molecule has 0 saturated carbocycles. The Labute approximate surface area is 147 Å². The molecule has 1 N–H and O–H groups in total. The van der Waals surface area contributed by atoms with Gasteiger partial charge in [-0.1, -0.05) is 6.07 Å². The van der Waals surface area contributed by atoms with E-state index >= 15 is 0 Å². The highest BCUT2D eigenvalue weighted by Gasteiger charge is 2.43. The lowest BCUT2D eigenvalue weighted by Crippen LogP contribution is -2.33. The first-order valence-electron chi connectivity index (χ1n) is 8.14. The Hall–Kier alpha value is -2.82. The fourth-order valence-corrected chi connectivity index (χ4v) is 3.38. The smallest absolute Gasteiger partial charge is 0.255 e. The fraction of sp³-hybridized carbons (Fsp3) is 0.300. The van der Waals surface area contributed by atoms with E-state index in [1.54, 1.807) is 43.3 Å². The second kappa shape index (κ2) is 5.92. The Balaban J connectivity index is 1.95. The number of rotatable bonds is 3. The van der Waals surface area contributed by atoms with Gasteiger partial charge in [-0.2, -0.15) is 0 Å². The number of fused-ring (bicyclic) bond motifs is 1.